The molecule has 0 saturated carbocycles. The Morgan fingerprint density at radius 1 is 1.20 bits per heavy atom. The number of rotatable bonds is 7. The van der Waals surface area contributed by atoms with Gasteiger partial charge in [-0.2, -0.15) is 0 Å². The van der Waals surface area contributed by atoms with E-state index in [0.29, 0.717) is 23.7 Å². The van der Waals surface area contributed by atoms with Crippen molar-refractivity contribution in [3.8, 4) is 17.1 Å². The van der Waals surface area contributed by atoms with Gasteiger partial charge in [0.15, 0.2) is 5.88 Å². The van der Waals surface area contributed by atoms with Crippen LogP contribution in [-0.4, -0.2) is 36.0 Å². The molecule has 0 unspecified atom stereocenters. The maximum atomic E-state index is 12.4. The highest BCUT2D eigenvalue weighted by atomic mass is 35.5. The van der Waals surface area contributed by atoms with Gasteiger partial charge < -0.3 is 19.1 Å². The number of benzene rings is 1. The summed E-state index contributed by atoms with van der Waals surface area (Å²) in [5, 5.41) is 10.1. The molecule has 2 rings (SSSR count). The molecule has 1 aromatic heterocycles. The molecule has 0 bridgehead atoms. The van der Waals surface area contributed by atoms with Gasteiger partial charge in [0.1, 0.15) is 12.2 Å². The lowest BCUT2D eigenvalue weighted by Crippen LogP contribution is -2.23. The maximum Gasteiger partial charge on any atom is 0.341 e. The zero-order chi connectivity index (χ0) is 18.6. The summed E-state index contributed by atoms with van der Waals surface area (Å²) in [6.45, 7) is 2.77. The van der Waals surface area contributed by atoms with E-state index in [1.54, 1.807) is 16.7 Å². The van der Waals surface area contributed by atoms with Crippen LogP contribution in [0.1, 0.15) is 17.3 Å². The number of carboxylic acids is 1. The van der Waals surface area contributed by atoms with Gasteiger partial charge in [-0.15, -0.1) is 0 Å². The highest BCUT2D eigenvalue weighted by molar-refractivity contribution is 6.42. The molecule has 2 aromatic rings. The third-order valence-corrected chi connectivity index (χ3v) is 4.27. The van der Waals surface area contributed by atoms with Crippen molar-refractivity contribution in [3.63, 3.8) is 0 Å². The molecule has 0 atom stereocenters. The average molecular weight is 386 g/mol. The molecule has 0 spiro atoms. The zero-order valence-electron chi connectivity index (χ0n) is 13.7. The monoisotopic (exact) mass is 385 g/mol. The number of hydrogen-bond acceptors (Lipinski definition) is 4. The van der Waals surface area contributed by atoms with Crippen molar-refractivity contribution in [2.75, 3.05) is 20.3 Å². The van der Waals surface area contributed by atoms with Gasteiger partial charge in [0.05, 0.1) is 22.3 Å². The number of carbonyl (C=O) groups is 1. The Labute approximate surface area is 154 Å². The topological polar surface area (TPSA) is 77.8 Å². The van der Waals surface area contributed by atoms with Crippen LogP contribution >= 0.6 is 23.2 Å². The smallest absolute Gasteiger partial charge is 0.341 e. The fourth-order valence-electron chi connectivity index (χ4n) is 2.44. The molecule has 1 aromatic carbocycles. The Hall–Kier alpha value is -2.02. The van der Waals surface area contributed by atoms with Crippen LogP contribution in [0.5, 0.6) is 5.88 Å². The van der Waals surface area contributed by atoms with Crippen LogP contribution in [0.15, 0.2) is 29.1 Å². The SMILES string of the molecule is CCn1c(OCCOC)cc(=O)c(C(=O)O)c1-c1ccc(Cl)c(Cl)c1. The van der Waals surface area contributed by atoms with Gasteiger partial charge in [0.25, 0.3) is 0 Å². The summed E-state index contributed by atoms with van der Waals surface area (Å²) < 4.78 is 12.1. The second-order valence-electron chi connectivity index (χ2n) is 5.09. The summed E-state index contributed by atoms with van der Waals surface area (Å²) in [7, 11) is 1.53. The maximum absolute atomic E-state index is 12.4. The first-order valence-electron chi connectivity index (χ1n) is 7.49. The van der Waals surface area contributed by atoms with E-state index in [0.717, 1.165) is 0 Å². The predicted molar refractivity (Wildman–Crippen MR) is 96.2 cm³/mol. The van der Waals surface area contributed by atoms with Gasteiger partial charge in [-0.3, -0.25) is 4.79 Å². The van der Waals surface area contributed by atoms with Gasteiger partial charge in [-0.25, -0.2) is 4.79 Å². The number of aromatic carboxylic acids is 1. The largest absolute Gasteiger partial charge is 0.477 e. The second-order valence-corrected chi connectivity index (χ2v) is 5.90. The molecule has 0 amide bonds. The minimum atomic E-state index is -1.32. The van der Waals surface area contributed by atoms with Crippen LogP contribution in [0.3, 0.4) is 0 Å². The molecule has 1 N–H and O–H groups in total. The van der Waals surface area contributed by atoms with E-state index in [4.69, 9.17) is 32.7 Å². The van der Waals surface area contributed by atoms with Crippen LogP contribution in [0.4, 0.5) is 0 Å². The average Bonchev–Trinajstić information content (AvgIpc) is 2.56. The second kappa shape index (κ2) is 8.38. The number of methoxy groups -OCH3 is 1. The highest BCUT2D eigenvalue weighted by Gasteiger charge is 2.22. The number of nitrogens with zero attached hydrogens (tertiary/aromatic N) is 1. The summed E-state index contributed by atoms with van der Waals surface area (Å²) in [6, 6.07) is 5.86. The van der Waals surface area contributed by atoms with Crippen LogP contribution in [0.25, 0.3) is 11.3 Å². The number of carboxylic acid groups (broad SMARTS) is 1. The van der Waals surface area contributed by atoms with Crippen molar-refractivity contribution in [1.29, 1.82) is 0 Å². The summed E-state index contributed by atoms with van der Waals surface area (Å²) in [5.41, 5.74) is -0.318. The van der Waals surface area contributed by atoms with Crippen molar-refractivity contribution in [2.24, 2.45) is 0 Å². The molecule has 6 nitrogen and oxygen atoms in total. The number of ether oxygens (including phenoxy) is 2. The van der Waals surface area contributed by atoms with Crippen molar-refractivity contribution >= 4 is 29.2 Å². The van der Waals surface area contributed by atoms with Gasteiger partial charge in [-0.05, 0) is 19.1 Å². The van der Waals surface area contributed by atoms with E-state index < -0.39 is 11.4 Å². The van der Waals surface area contributed by atoms with Gasteiger partial charge in [-0.1, -0.05) is 29.3 Å². The number of pyridine rings is 1. The third kappa shape index (κ3) is 4.15. The van der Waals surface area contributed by atoms with Crippen molar-refractivity contribution in [3.05, 3.63) is 50.1 Å². The quantitative estimate of drug-likeness (QED) is 0.737. The van der Waals surface area contributed by atoms with Crippen LogP contribution in [-0.2, 0) is 11.3 Å². The lowest BCUT2D eigenvalue weighted by Gasteiger charge is -2.19. The van der Waals surface area contributed by atoms with Gasteiger partial charge in [0, 0.05) is 25.3 Å². The number of hydrogen-bond donors (Lipinski definition) is 1. The molecule has 0 fully saturated rings. The van der Waals surface area contributed by atoms with E-state index >= 15 is 0 Å². The fraction of sp³-hybridized carbons (Fsp3) is 0.294. The first-order valence-corrected chi connectivity index (χ1v) is 8.24. The Morgan fingerprint density at radius 3 is 2.48 bits per heavy atom. The number of halogens is 2. The Bertz CT molecular complexity index is 848. The van der Waals surface area contributed by atoms with Crippen LogP contribution in [0.2, 0.25) is 10.0 Å². The summed E-state index contributed by atoms with van der Waals surface area (Å²) in [5.74, 6) is -1.06. The third-order valence-electron chi connectivity index (χ3n) is 3.53. The minimum Gasteiger partial charge on any atom is -0.477 e. The molecule has 25 heavy (non-hydrogen) atoms. The summed E-state index contributed by atoms with van der Waals surface area (Å²) in [6.07, 6.45) is 0. The Morgan fingerprint density at radius 2 is 1.92 bits per heavy atom. The Balaban J connectivity index is 2.74. The van der Waals surface area contributed by atoms with Gasteiger partial charge >= 0.3 is 5.97 Å². The van der Waals surface area contributed by atoms with E-state index in [1.165, 1.54) is 19.2 Å². The fourth-order valence-corrected chi connectivity index (χ4v) is 2.74. The van der Waals surface area contributed by atoms with E-state index in [9.17, 15) is 14.7 Å². The van der Waals surface area contributed by atoms with E-state index in [2.05, 4.69) is 0 Å². The lowest BCUT2D eigenvalue weighted by atomic mass is 10.0. The first-order chi connectivity index (χ1) is 11.9. The van der Waals surface area contributed by atoms with Crippen LogP contribution < -0.4 is 10.2 Å². The molecule has 0 saturated heterocycles. The predicted octanol–water partition coefficient (Wildman–Crippen LogP) is 3.57. The van der Waals surface area contributed by atoms with Crippen molar-refractivity contribution in [1.82, 2.24) is 4.57 Å². The normalized spacial score (nSPS) is 10.7. The minimum absolute atomic E-state index is 0.216. The molecule has 0 aliphatic rings. The molecule has 1 heterocycles. The van der Waals surface area contributed by atoms with Crippen LogP contribution in [0, 0.1) is 0 Å². The van der Waals surface area contributed by atoms with Crippen molar-refractivity contribution < 1.29 is 19.4 Å². The molecule has 0 aliphatic carbocycles. The zero-order valence-corrected chi connectivity index (χ0v) is 15.2. The molecule has 0 radical (unpaired) electrons. The Kier molecular flexibility index (Phi) is 6.47. The molecular weight excluding hydrogens is 369 g/mol. The highest BCUT2D eigenvalue weighted by Crippen LogP contribution is 2.31. The molecule has 8 heteroatoms. The summed E-state index contributed by atoms with van der Waals surface area (Å²) in [4.78, 5) is 24.0. The van der Waals surface area contributed by atoms with Gasteiger partial charge in [0.2, 0.25) is 5.43 Å². The standard InChI is InChI=1S/C17H17Cl2NO5/c1-3-20-14(25-7-6-24-2)9-13(21)15(17(22)23)16(20)10-4-5-11(18)12(19)8-10/h4-5,8-9H,3,6-7H2,1-2H3,(H,22,23). The van der Waals surface area contributed by atoms with E-state index in [-0.39, 0.29) is 28.8 Å². The summed E-state index contributed by atoms with van der Waals surface area (Å²) >= 11 is 12.0. The lowest BCUT2D eigenvalue weighted by molar-refractivity contribution is 0.0695. The van der Waals surface area contributed by atoms with Crippen molar-refractivity contribution in [2.45, 2.75) is 13.5 Å². The molecule has 0 aliphatic heterocycles. The van der Waals surface area contributed by atoms with E-state index in [1.807, 2.05) is 6.92 Å². The first kappa shape index (κ1) is 19.3. The molecule has 134 valence electrons. The molecular formula is C17H17Cl2NO5. The number of aromatic nitrogens is 1.